The molecule has 5 heteroatoms. The van der Waals surface area contributed by atoms with Crippen LogP contribution in [-0.2, 0) is 12.8 Å². The Morgan fingerprint density at radius 3 is 0.874 bits per heavy atom. The van der Waals surface area contributed by atoms with E-state index in [0.717, 1.165) is 55.3 Å². The number of hydrogen-bond acceptors (Lipinski definition) is 5. The quantitative estimate of drug-likeness (QED) is 0.0281. The fraction of sp³-hybridized carbons (Fsp3) is 0.610. The van der Waals surface area contributed by atoms with Crippen LogP contribution in [0.5, 0.6) is 0 Å². The summed E-state index contributed by atoms with van der Waals surface area (Å²) in [5, 5.41) is 9.17. The van der Waals surface area contributed by atoms with Crippen LogP contribution >= 0.6 is 34.0 Å². The van der Waals surface area contributed by atoms with E-state index in [-0.39, 0.29) is 10.9 Å². The molecule has 2 atom stereocenters. The Balaban J connectivity index is 1.22. The number of thiophene rings is 3. The normalized spacial score (nSPS) is 12.8. The van der Waals surface area contributed by atoms with Crippen molar-refractivity contribution in [2.75, 3.05) is 0 Å². The average Bonchev–Trinajstić information content (AvgIpc) is 1.78. The first-order valence-corrected chi connectivity index (χ1v) is 39.0. The molecule has 2 nitrogen and oxygen atoms in total. The van der Waals surface area contributed by atoms with Gasteiger partial charge >= 0.3 is 0 Å². The molecule has 0 fully saturated rings. The van der Waals surface area contributed by atoms with Gasteiger partial charge in [-0.2, -0.15) is 0 Å². The Bertz CT molecular complexity index is 3280. The van der Waals surface area contributed by atoms with Crippen molar-refractivity contribution >= 4 is 77.1 Å². The zero-order valence-corrected chi connectivity index (χ0v) is 58.3. The molecule has 5 aromatic carbocycles. The smallest absolute Gasteiger partial charge is 0.195 e. The predicted octanol–water partition coefficient (Wildman–Crippen LogP) is 27.7. The van der Waals surface area contributed by atoms with E-state index in [1.54, 1.807) is 22.7 Å². The van der Waals surface area contributed by atoms with E-state index >= 15 is 4.79 Å². The molecule has 0 N–H and O–H groups in total. The summed E-state index contributed by atoms with van der Waals surface area (Å²) in [6.45, 7) is 13.6. The van der Waals surface area contributed by atoms with Gasteiger partial charge in [0.05, 0.1) is 0 Å². The fourth-order valence-electron chi connectivity index (χ4n) is 14.7. The molecule has 474 valence electrons. The van der Waals surface area contributed by atoms with Gasteiger partial charge in [-0.25, -0.2) is 0 Å². The van der Waals surface area contributed by atoms with Crippen LogP contribution in [0, 0.1) is 25.7 Å². The highest BCUT2D eigenvalue weighted by atomic mass is 32.1. The summed E-state index contributed by atoms with van der Waals surface area (Å²) in [7, 11) is 0. The minimum atomic E-state index is 0.169. The van der Waals surface area contributed by atoms with Crippen LogP contribution in [0.25, 0.3) is 73.7 Å². The van der Waals surface area contributed by atoms with Crippen molar-refractivity contribution in [3.8, 4) is 30.6 Å². The van der Waals surface area contributed by atoms with E-state index < -0.39 is 0 Å². The van der Waals surface area contributed by atoms with Gasteiger partial charge in [-0.3, -0.25) is 9.59 Å². The maximum absolute atomic E-state index is 15.2. The summed E-state index contributed by atoms with van der Waals surface area (Å²) in [4.78, 5) is 37.4. The number of rotatable bonds is 47. The molecule has 0 amide bonds. The first-order chi connectivity index (χ1) is 42.7. The third kappa shape index (κ3) is 20.8. The Hall–Kier alpha value is -3.90. The minimum absolute atomic E-state index is 0.169. The van der Waals surface area contributed by atoms with Crippen LogP contribution in [0.1, 0.15) is 305 Å². The SMILES string of the molecule is CCCCCCCCCCCCC(CCCCCCCCCC)Cc1c2cc3cc(-c4ccc(-c5ccc(C)s5)s4)c(=O)c3cc2c(CC(CCCCCCCCCC)CCCCCCCCCCCC)c2cc3cc(-c4ccc(C)s4)c(=O)c3cc12. The highest BCUT2D eigenvalue weighted by Gasteiger charge is 2.25. The van der Waals surface area contributed by atoms with Crippen LogP contribution in [-0.4, -0.2) is 0 Å². The maximum Gasteiger partial charge on any atom is 0.195 e. The second kappa shape index (κ2) is 38.1. The van der Waals surface area contributed by atoms with E-state index in [0.29, 0.717) is 11.8 Å². The van der Waals surface area contributed by atoms with Crippen molar-refractivity contribution in [3.05, 3.63) is 114 Å². The second-order valence-corrected chi connectivity index (χ2v) is 31.0. The highest BCUT2D eigenvalue weighted by Crippen LogP contribution is 2.44. The van der Waals surface area contributed by atoms with Crippen LogP contribution in [0.3, 0.4) is 0 Å². The first-order valence-electron chi connectivity index (χ1n) is 36.6. The fourth-order valence-corrected chi connectivity index (χ4v) is 17.6. The van der Waals surface area contributed by atoms with E-state index in [4.69, 9.17) is 0 Å². The van der Waals surface area contributed by atoms with Gasteiger partial charge in [-0.1, -0.05) is 285 Å². The molecule has 0 aliphatic carbocycles. The molecule has 87 heavy (non-hydrogen) atoms. The molecule has 0 spiro atoms. The largest absolute Gasteiger partial charge is 0.289 e. The second-order valence-electron chi connectivity index (χ2n) is 27.3. The van der Waals surface area contributed by atoms with Gasteiger partial charge in [0.1, 0.15) is 0 Å². The number of unbranched alkanes of at least 4 members (excludes halogenated alkanes) is 32. The number of hydrogen-bond donors (Lipinski definition) is 0. The van der Waals surface area contributed by atoms with Crippen LogP contribution in [0.4, 0.5) is 0 Å². The van der Waals surface area contributed by atoms with E-state index in [1.165, 1.54) is 309 Å². The van der Waals surface area contributed by atoms with Gasteiger partial charge in [-0.15, -0.1) is 34.0 Å². The summed E-state index contributed by atoms with van der Waals surface area (Å²) >= 11 is 5.34. The zero-order chi connectivity index (χ0) is 61.0. The molecule has 0 saturated carbocycles. The van der Waals surface area contributed by atoms with Crippen molar-refractivity contribution in [2.45, 2.75) is 311 Å². The molecule has 3 heterocycles. The Morgan fingerprint density at radius 1 is 0.287 bits per heavy atom. The number of aryl methyl sites for hydroxylation is 2. The molecule has 0 bridgehead atoms. The third-order valence-electron chi connectivity index (χ3n) is 20.0. The lowest BCUT2D eigenvalue weighted by molar-refractivity contribution is 0.400. The van der Waals surface area contributed by atoms with E-state index in [9.17, 15) is 4.79 Å². The van der Waals surface area contributed by atoms with Crippen molar-refractivity contribution in [1.82, 2.24) is 0 Å². The van der Waals surface area contributed by atoms with Gasteiger partial charge in [0.15, 0.2) is 10.9 Å². The van der Waals surface area contributed by atoms with Crippen molar-refractivity contribution < 1.29 is 0 Å². The molecule has 0 saturated heterocycles. The molecular formula is C82H116O2S3. The summed E-state index contributed by atoms with van der Waals surface area (Å²) in [5.41, 5.74) is 4.88. The first kappa shape index (κ1) is 69.0. The molecule has 3 aromatic heterocycles. The predicted molar refractivity (Wildman–Crippen MR) is 393 cm³/mol. The van der Waals surface area contributed by atoms with Gasteiger partial charge in [0.25, 0.3) is 0 Å². The topological polar surface area (TPSA) is 34.1 Å². The van der Waals surface area contributed by atoms with Crippen molar-refractivity contribution in [3.63, 3.8) is 0 Å². The standard InChI is InChI=1S/C82H116O2S3/c1-7-11-15-19-23-27-29-33-37-41-45-63(43-39-35-31-25-21-17-13-9-3)53-69-71-55-65-57-75(77-49-47-61(5)85-77)81(83)67(65)59-73(71)70(54-64(44-40-36-32-26-22-18-14-10-4)46-42-38-34-30-28-24-20-16-12-8-2)72-56-66-58-76(82(84)68(66)60-74(69)72)78-51-52-80(87-78)79-50-48-62(6)86-79/h47-52,55-60,63-64H,7-46,53-54H2,1-6H3. The van der Waals surface area contributed by atoms with Crippen LogP contribution in [0.2, 0.25) is 0 Å². The summed E-state index contributed by atoms with van der Waals surface area (Å²) in [6, 6.07) is 27.4. The number of benzene rings is 3. The maximum atomic E-state index is 15.2. The lowest BCUT2D eigenvalue weighted by atomic mass is 9.80. The molecule has 8 rings (SSSR count). The minimum Gasteiger partial charge on any atom is -0.289 e. The van der Waals surface area contributed by atoms with Gasteiger partial charge in [-0.05, 0) is 155 Å². The van der Waals surface area contributed by atoms with Gasteiger partial charge in [0.2, 0.25) is 0 Å². The third-order valence-corrected chi connectivity index (χ3v) is 23.3. The van der Waals surface area contributed by atoms with Crippen LogP contribution < -0.4 is 10.9 Å². The van der Waals surface area contributed by atoms with Gasteiger partial charge in [0, 0.05) is 51.2 Å². The molecule has 0 aliphatic heterocycles. The molecular weight excluding hydrogens is 1110 g/mol. The Kier molecular flexibility index (Phi) is 30.2. The molecule has 2 unspecified atom stereocenters. The van der Waals surface area contributed by atoms with Crippen molar-refractivity contribution in [1.29, 1.82) is 0 Å². The van der Waals surface area contributed by atoms with E-state index in [1.807, 2.05) is 11.3 Å². The highest BCUT2D eigenvalue weighted by molar-refractivity contribution is 7.23. The summed E-state index contributed by atoms with van der Waals surface area (Å²) in [5.74, 6) is 1.11. The summed E-state index contributed by atoms with van der Waals surface area (Å²) < 4.78 is 0. The Morgan fingerprint density at radius 2 is 0.552 bits per heavy atom. The van der Waals surface area contributed by atoms with Gasteiger partial charge < -0.3 is 0 Å². The molecule has 0 radical (unpaired) electrons. The molecule has 0 aliphatic rings. The van der Waals surface area contributed by atoms with E-state index in [2.05, 4.69) is 114 Å². The summed E-state index contributed by atoms with van der Waals surface area (Å²) in [6.07, 6.45) is 55.6. The zero-order valence-electron chi connectivity index (χ0n) is 55.8. The molecule has 8 aromatic rings. The lowest BCUT2D eigenvalue weighted by Gasteiger charge is -2.24. The lowest BCUT2D eigenvalue weighted by Crippen LogP contribution is -2.10. The Labute approximate surface area is 541 Å². The van der Waals surface area contributed by atoms with Crippen molar-refractivity contribution in [2.24, 2.45) is 11.8 Å². The monoisotopic (exact) mass is 1230 g/mol. The average molecular weight is 1230 g/mol. The number of fused-ring (bicyclic) bond motifs is 4. The van der Waals surface area contributed by atoms with Crippen LogP contribution in [0.15, 0.2) is 82.4 Å².